The number of rotatable bonds is 4. The molecule has 0 aromatic carbocycles. The molecule has 1 saturated carbocycles. The lowest BCUT2D eigenvalue weighted by atomic mass is 9.80. The molecule has 1 unspecified atom stereocenters. The molecule has 7 heteroatoms. The number of likely N-dealkylation sites (tertiary alicyclic amines) is 1. The average Bonchev–Trinajstić information content (AvgIpc) is 3.26. The van der Waals surface area contributed by atoms with Crippen LogP contribution in [0.1, 0.15) is 38.5 Å². The van der Waals surface area contributed by atoms with Gasteiger partial charge in [0.05, 0.1) is 26.4 Å². The SMILES string of the molecule is CN=C(NCC1(N2CCOCC2)CCCCC1)N1CCC(N2CCOCC2)C1. The lowest BCUT2D eigenvalue weighted by molar-refractivity contribution is -0.0354. The van der Waals surface area contributed by atoms with E-state index in [-0.39, 0.29) is 5.54 Å². The van der Waals surface area contributed by atoms with Gasteiger partial charge in [0.2, 0.25) is 0 Å². The Bertz CT molecular complexity index is 511. The van der Waals surface area contributed by atoms with Gasteiger partial charge in [-0.05, 0) is 19.3 Å². The summed E-state index contributed by atoms with van der Waals surface area (Å²) in [6, 6.07) is 0.644. The number of nitrogens with zero attached hydrogens (tertiary/aromatic N) is 4. The van der Waals surface area contributed by atoms with Crippen LogP contribution in [0.3, 0.4) is 0 Å². The van der Waals surface area contributed by atoms with Gasteiger partial charge < -0.3 is 19.7 Å². The largest absolute Gasteiger partial charge is 0.379 e. The number of ether oxygens (including phenoxy) is 2. The maximum Gasteiger partial charge on any atom is 0.193 e. The monoisotopic (exact) mass is 393 g/mol. The second-order valence-corrected chi connectivity index (χ2v) is 8.82. The summed E-state index contributed by atoms with van der Waals surface area (Å²) < 4.78 is 11.1. The highest BCUT2D eigenvalue weighted by molar-refractivity contribution is 5.80. The van der Waals surface area contributed by atoms with Crippen molar-refractivity contribution in [3.8, 4) is 0 Å². The zero-order chi connectivity index (χ0) is 19.2. The van der Waals surface area contributed by atoms with Crippen molar-refractivity contribution < 1.29 is 9.47 Å². The molecule has 0 radical (unpaired) electrons. The molecule has 4 fully saturated rings. The number of hydrogen-bond acceptors (Lipinski definition) is 5. The summed E-state index contributed by atoms with van der Waals surface area (Å²) in [5.74, 6) is 1.09. The van der Waals surface area contributed by atoms with Gasteiger partial charge in [-0.25, -0.2) is 0 Å². The first kappa shape index (κ1) is 20.4. The first-order valence-electron chi connectivity index (χ1n) is 11.4. The van der Waals surface area contributed by atoms with E-state index in [9.17, 15) is 0 Å². The van der Waals surface area contributed by atoms with Crippen molar-refractivity contribution in [2.24, 2.45) is 4.99 Å². The summed E-state index contributed by atoms with van der Waals surface area (Å²) >= 11 is 0. The maximum atomic E-state index is 5.63. The standard InChI is InChI=1S/C21H39N5O2/c1-22-20(25-8-5-19(17-25)24-9-13-27-14-10-24)23-18-21(6-3-2-4-7-21)26-11-15-28-16-12-26/h19H,2-18H2,1H3,(H,22,23). The smallest absolute Gasteiger partial charge is 0.193 e. The van der Waals surface area contributed by atoms with Crippen molar-refractivity contribution >= 4 is 5.96 Å². The fourth-order valence-electron chi connectivity index (χ4n) is 5.60. The van der Waals surface area contributed by atoms with Gasteiger partial charge in [-0.2, -0.15) is 0 Å². The highest BCUT2D eigenvalue weighted by Gasteiger charge is 2.39. The van der Waals surface area contributed by atoms with Gasteiger partial charge in [0.1, 0.15) is 0 Å². The third-order valence-corrected chi connectivity index (χ3v) is 7.28. The minimum atomic E-state index is 0.279. The Kier molecular flexibility index (Phi) is 7.09. The van der Waals surface area contributed by atoms with Gasteiger partial charge in [-0.3, -0.25) is 14.8 Å². The molecule has 0 aromatic heterocycles. The van der Waals surface area contributed by atoms with Crippen LogP contribution in [0.15, 0.2) is 4.99 Å². The Hall–Kier alpha value is -0.890. The molecule has 1 atom stereocenters. The quantitative estimate of drug-likeness (QED) is 0.568. The van der Waals surface area contributed by atoms with Crippen LogP contribution >= 0.6 is 0 Å². The molecule has 3 aliphatic heterocycles. The van der Waals surface area contributed by atoms with E-state index in [0.717, 1.165) is 78.2 Å². The molecule has 0 bridgehead atoms. The molecule has 160 valence electrons. The number of aliphatic imine (C=N–C) groups is 1. The molecule has 1 N–H and O–H groups in total. The predicted octanol–water partition coefficient (Wildman–Crippen LogP) is 1.00. The van der Waals surface area contributed by atoms with Crippen molar-refractivity contribution in [2.75, 3.05) is 79.3 Å². The first-order valence-corrected chi connectivity index (χ1v) is 11.4. The minimum absolute atomic E-state index is 0.279. The highest BCUT2D eigenvalue weighted by atomic mass is 16.5. The summed E-state index contributed by atoms with van der Waals surface area (Å²) in [6.45, 7) is 11.0. The number of morpholine rings is 2. The van der Waals surface area contributed by atoms with Gasteiger partial charge in [-0.15, -0.1) is 0 Å². The molecule has 4 rings (SSSR count). The van der Waals surface area contributed by atoms with Crippen molar-refractivity contribution in [3.05, 3.63) is 0 Å². The number of nitrogens with one attached hydrogen (secondary N) is 1. The molecular weight excluding hydrogens is 354 g/mol. The molecule has 1 aliphatic carbocycles. The van der Waals surface area contributed by atoms with Crippen molar-refractivity contribution in [1.82, 2.24) is 20.0 Å². The molecule has 28 heavy (non-hydrogen) atoms. The summed E-state index contributed by atoms with van der Waals surface area (Å²) in [7, 11) is 1.94. The second kappa shape index (κ2) is 9.74. The van der Waals surface area contributed by atoms with E-state index in [1.807, 2.05) is 7.05 Å². The van der Waals surface area contributed by atoms with Crippen LogP contribution in [0.2, 0.25) is 0 Å². The Balaban J connectivity index is 1.34. The predicted molar refractivity (Wildman–Crippen MR) is 112 cm³/mol. The van der Waals surface area contributed by atoms with E-state index in [4.69, 9.17) is 9.47 Å². The van der Waals surface area contributed by atoms with Crippen LogP contribution in [-0.4, -0.2) is 112 Å². The first-order chi connectivity index (χ1) is 13.8. The Labute approximate surface area is 170 Å². The van der Waals surface area contributed by atoms with Crippen LogP contribution in [-0.2, 0) is 9.47 Å². The van der Waals surface area contributed by atoms with Crippen LogP contribution < -0.4 is 5.32 Å². The van der Waals surface area contributed by atoms with E-state index in [2.05, 4.69) is 25.0 Å². The molecule has 3 saturated heterocycles. The van der Waals surface area contributed by atoms with E-state index in [1.54, 1.807) is 0 Å². The third kappa shape index (κ3) is 4.64. The van der Waals surface area contributed by atoms with E-state index < -0.39 is 0 Å². The fraction of sp³-hybridized carbons (Fsp3) is 0.952. The van der Waals surface area contributed by atoms with Gasteiger partial charge in [0.15, 0.2) is 5.96 Å². The fourth-order valence-corrected chi connectivity index (χ4v) is 5.60. The van der Waals surface area contributed by atoms with Crippen LogP contribution in [0, 0.1) is 0 Å². The Morgan fingerprint density at radius 1 is 0.964 bits per heavy atom. The lowest BCUT2D eigenvalue weighted by Crippen LogP contribution is -2.60. The molecule has 0 spiro atoms. The molecule has 3 heterocycles. The third-order valence-electron chi connectivity index (χ3n) is 7.28. The Morgan fingerprint density at radius 2 is 1.64 bits per heavy atom. The van der Waals surface area contributed by atoms with E-state index in [1.165, 1.54) is 38.5 Å². The summed E-state index contributed by atoms with van der Waals surface area (Å²) in [6.07, 6.45) is 7.91. The van der Waals surface area contributed by atoms with E-state index >= 15 is 0 Å². The molecule has 0 aromatic rings. The van der Waals surface area contributed by atoms with E-state index in [0.29, 0.717) is 6.04 Å². The minimum Gasteiger partial charge on any atom is -0.379 e. The molecule has 7 nitrogen and oxygen atoms in total. The lowest BCUT2D eigenvalue weighted by Gasteiger charge is -2.48. The van der Waals surface area contributed by atoms with Gasteiger partial charge >= 0.3 is 0 Å². The Morgan fingerprint density at radius 3 is 2.32 bits per heavy atom. The van der Waals surface area contributed by atoms with Crippen LogP contribution in [0.5, 0.6) is 0 Å². The summed E-state index contributed by atoms with van der Waals surface area (Å²) in [5, 5.41) is 3.79. The van der Waals surface area contributed by atoms with Crippen molar-refractivity contribution in [3.63, 3.8) is 0 Å². The maximum absolute atomic E-state index is 5.63. The molecule has 4 aliphatic rings. The van der Waals surface area contributed by atoms with Crippen molar-refractivity contribution in [2.45, 2.75) is 50.1 Å². The molecule has 0 amide bonds. The summed E-state index contributed by atoms with van der Waals surface area (Å²) in [4.78, 5) is 12.4. The zero-order valence-electron chi connectivity index (χ0n) is 17.7. The highest BCUT2D eigenvalue weighted by Crippen LogP contribution is 2.34. The number of hydrogen-bond donors (Lipinski definition) is 1. The normalized spacial score (nSPS) is 30.5. The van der Waals surface area contributed by atoms with Gasteiger partial charge in [0.25, 0.3) is 0 Å². The average molecular weight is 394 g/mol. The molecular formula is C21H39N5O2. The zero-order valence-corrected chi connectivity index (χ0v) is 17.7. The second-order valence-electron chi connectivity index (χ2n) is 8.82. The topological polar surface area (TPSA) is 52.6 Å². The van der Waals surface area contributed by atoms with Gasteiger partial charge in [-0.1, -0.05) is 19.3 Å². The summed E-state index contributed by atoms with van der Waals surface area (Å²) in [5.41, 5.74) is 0.279. The van der Waals surface area contributed by atoms with Crippen LogP contribution in [0.4, 0.5) is 0 Å². The van der Waals surface area contributed by atoms with Crippen LogP contribution in [0.25, 0.3) is 0 Å². The number of guanidine groups is 1. The van der Waals surface area contributed by atoms with Gasteiger partial charge in [0, 0.05) is 64.4 Å². The van der Waals surface area contributed by atoms with Crippen molar-refractivity contribution in [1.29, 1.82) is 0 Å².